The van der Waals surface area contributed by atoms with Gasteiger partial charge in [-0.25, -0.2) is 0 Å². The maximum absolute atomic E-state index is 10.5. The van der Waals surface area contributed by atoms with Gasteiger partial charge in [-0.2, -0.15) is 0 Å². The molecule has 1 atom stereocenters. The summed E-state index contributed by atoms with van der Waals surface area (Å²) >= 11 is 0. The van der Waals surface area contributed by atoms with Gasteiger partial charge in [-0.05, 0) is 49.4 Å². The normalized spacial score (nSPS) is 14.9. The second-order valence-electron chi connectivity index (χ2n) is 5.05. The summed E-state index contributed by atoms with van der Waals surface area (Å²) in [5.74, 6) is 1.30. The lowest BCUT2D eigenvalue weighted by Gasteiger charge is -2.27. The Kier molecular flexibility index (Phi) is 3.98. The molecule has 0 bridgehead atoms. The van der Waals surface area contributed by atoms with Crippen molar-refractivity contribution in [3.63, 3.8) is 0 Å². The minimum Gasteiger partial charge on any atom is -0.497 e. The molecule has 0 fully saturated rings. The second-order valence-corrected chi connectivity index (χ2v) is 5.05. The van der Waals surface area contributed by atoms with Gasteiger partial charge in [0.1, 0.15) is 5.75 Å². The van der Waals surface area contributed by atoms with Gasteiger partial charge in [0.15, 0.2) is 0 Å². The van der Waals surface area contributed by atoms with E-state index in [2.05, 4.69) is 13.8 Å². The van der Waals surface area contributed by atoms with Crippen molar-refractivity contribution in [1.82, 2.24) is 0 Å². The van der Waals surface area contributed by atoms with Crippen molar-refractivity contribution in [2.75, 3.05) is 7.11 Å². The highest BCUT2D eigenvalue weighted by molar-refractivity contribution is 5.37. The lowest BCUT2D eigenvalue weighted by Crippen LogP contribution is -2.24. The molecular weight excluding hydrogens is 200 g/mol. The molecule has 0 aliphatic heterocycles. The predicted molar refractivity (Wildman–Crippen MR) is 66.8 cm³/mol. The van der Waals surface area contributed by atoms with Crippen LogP contribution in [-0.2, 0) is 5.60 Å². The molecule has 0 aromatic heterocycles. The molecule has 0 aliphatic carbocycles. The molecule has 1 N–H and O–H groups in total. The number of hydrogen-bond donors (Lipinski definition) is 1. The van der Waals surface area contributed by atoms with Crippen molar-refractivity contribution in [3.8, 4) is 5.75 Å². The highest BCUT2D eigenvalue weighted by Crippen LogP contribution is 2.32. The Morgan fingerprint density at radius 3 is 2.44 bits per heavy atom. The minimum absolute atomic E-state index is 0.469. The Morgan fingerprint density at radius 1 is 1.38 bits per heavy atom. The summed E-state index contributed by atoms with van der Waals surface area (Å²) in [5, 5.41) is 10.5. The fourth-order valence-corrected chi connectivity index (χ4v) is 2.27. The molecule has 1 aromatic carbocycles. The van der Waals surface area contributed by atoms with E-state index < -0.39 is 5.60 Å². The van der Waals surface area contributed by atoms with Crippen molar-refractivity contribution in [3.05, 3.63) is 29.3 Å². The van der Waals surface area contributed by atoms with Gasteiger partial charge < -0.3 is 9.84 Å². The lowest BCUT2D eigenvalue weighted by molar-refractivity contribution is 0.0342. The summed E-state index contributed by atoms with van der Waals surface area (Å²) in [4.78, 5) is 0. The first-order valence-corrected chi connectivity index (χ1v) is 5.74. The molecule has 0 radical (unpaired) electrons. The zero-order valence-corrected chi connectivity index (χ0v) is 10.9. The van der Waals surface area contributed by atoms with Crippen molar-refractivity contribution in [1.29, 1.82) is 0 Å². The minimum atomic E-state index is -0.759. The molecular formula is C14H22O2. The monoisotopic (exact) mass is 222 g/mol. The van der Waals surface area contributed by atoms with Crippen LogP contribution in [0.25, 0.3) is 0 Å². The second kappa shape index (κ2) is 4.88. The van der Waals surface area contributed by atoms with E-state index in [1.165, 1.54) is 0 Å². The van der Waals surface area contributed by atoms with Crippen LogP contribution in [0.5, 0.6) is 5.75 Å². The van der Waals surface area contributed by atoms with Crippen LogP contribution >= 0.6 is 0 Å². The number of ether oxygens (including phenoxy) is 1. The third-order valence-corrected chi connectivity index (χ3v) is 2.82. The van der Waals surface area contributed by atoms with Gasteiger partial charge >= 0.3 is 0 Å². The average Bonchev–Trinajstić information content (AvgIpc) is 2.14. The highest BCUT2D eigenvalue weighted by Gasteiger charge is 2.25. The van der Waals surface area contributed by atoms with Crippen molar-refractivity contribution >= 4 is 0 Å². The van der Waals surface area contributed by atoms with E-state index >= 15 is 0 Å². The molecule has 16 heavy (non-hydrogen) atoms. The molecule has 1 unspecified atom stereocenters. The van der Waals surface area contributed by atoms with Crippen molar-refractivity contribution < 1.29 is 9.84 Å². The molecule has 0 saturated carbocycles. The smallest absolute Gasteiger partial charge is 0.119 e. The van der Waals surface area contributed by atoms with Crippen LogP contribution in [0.1, 0.15) is 38.3 Å². The molecule has 0 aliphatic rings. The predicted octanol–water partition coefficient (Wildman–Crippen LogP) is 3.26. The zero-order valence-electron chi connectivity index (χ0n) is 10.9. The third-order valence-electron chi connectivity index (χ3n) is 2.82. The number of aryl methyl sites for hydroxylation is 1. The summed E-state index contributed by atoms with van der Waals surface area (Å²) in [6.07, 6.45) is 0.764. The van der Waals surface area contributed by atoms with E-state index in [1.54, 1.807) is 7.11 Å². The van der Waals surface area contributed by atoms with Crippen molar-refractivity contribution in [2.45, 2.75) is 39.7 Å². The zero-order chi connectivity index (χ0) is 12.3. The number of aliphatic hydroxyl groups is 1. The van der Waals surface area contributed by atoms with E-state index in [-0.39, 0.29) is 0 Å². The molecule has 0 heterocycles. The molecule has 0 saturated heterocycles. The molecule has 2 heteroatoms. The fourth-order valence-electron chi connectivity index (χ4n) is 2.27. The van der Waals surface area contributed by atoms with E-state index in [9.17, 15) is 5.11 Å². The summed E-state index contributed by atoms with van der Waals surface area (Å²) in [7, 11) is 1.65. The third kappa shape index (κ3) is 2.99. The maximum atomic E-state index is 10.5. The van der Waals surface area contributed by atoms with Gasteiger partial charge in [0.05, 0.1) is 12.7 Å². The number of methoxy groups -OCH3 is 1. The average molecular weight is 222 g/mol. The van der Waals surface area contributed by atoms with Gasteiger partial charge in [-0.15, -0.1) is 0 Å². The topological polar surface area (TPSA) is 29.5 Å². The first kappa shape index (κ1) is 13.0. The quantitative estimate of drug-likeness (QED) is 0.847. The van der Waals surface area contributed by atoms with Crippen LogP contribution in [0.3, 0.4) is 0 Å². The first-order chi connectivity index (χ1) is 7.36. The standard InChI is InChI=1S/C14H22O2/c1-10(2)9-14(4,15)13-7-6-12(16-5)8-11(13)3/h6-8,10,15H,9H2,1-5H3. The Hall–Kier alpha value is -1.02. The van der Waals surface area contributed by atoms with Crippen LogP contribution in [-0.4, -0.2) is 12.2 Å². The fraction of sp³-hybridized carbons (Fsp3) is 0.571. The van der Waals surface area contributed by atoms with Crippen LogP contribution in [0.2, 0.25) is 0 Å². The van der Waals surface area contributed by atoms with Crippen LogP contribution in [0.4, 0.5) is 0 Å². The highest BCUT2D eigenvalue weighted by atomic mass is 16.5. The summed E-state index contributed by atoms with van der Waals surface area (Å²) in [6.45, 7) is 8.12. The Morgan fingerprint density at radius 2 is 2.00 bits per heavy atom. The van der Waals surface area contributed by atoms with E-state index in [4.69, 9.17) is 4.74 Å². The summed E-state index contributed by atoms with van der Waals surface area (Å²) < 4.78 is 5.16. The largest absolute Gasteiger partial charge is 0.497 e. The van der Waals surface area contributed by atoms with E-state index in [0.29, 0.717) is 5.92 Å². The molecule has 1 rings (SSSR count). The van der Waals surface area contributed by atoms with Crippen molar-refractivity contribution in [2.24, 2.45) is 5.92 Å². The molecule has 0 amide bonds. The summed E-state index contributed by atoms with van der Waals surface area (Å²) in [5.41, 5.74) is 1.30. The van der Waals surface area contributed by atoms with Crippen LogP contribution in [0.15, 0.2) is 18.2 Å². The van der Waals surface area contributed by atoms with Gasteiger partial charge in [-0.1, -0.05) is 19.9 Å². The molecule has 2 nitrogen and oxygen atoms in total. The number of rotatable bonds is 4. The molecule has 90 valence electrons. The van der Waals surface area contributed by atoms with Gasteiger partial charge in [-0.3, -0.25) is 0 Å². The SMILES string of the molecule is COc1ccc(C(C)(O)CC(C)C)c(C)c1. The van der Waals surface area contributed by atoms with E-state index in [0.717, 1.165) is 23.3 Å². The first-order valence-electron chi connectivity index (χ1n) is 5.74. The van der Waals surface area contributed by atoms with E-state index in [1.807, 2.05) is 32.0 Å². The maximum Gasteiger partial charge on any atom is 0.119 e. The van der Waals surface area contributed by atoms with Gasteiger partial charge in [0, 0.05) is 0 Å². The van der Waals surface area contributed by atoms with Crippen LogP contribution in [0, 0.1) is 12.8 Å². The summed E-state index contributed by atoms with van der Waals surface area (Å²) in [6, 6.07) is 5.82. The van der Waals surface area contributed by atoms with Crippen LogP contribution < -0.4 is 4.74 Å². The molecule has 0 spiro atoms. The van der Waals surface area contributed by atoms with Gasteiger partial charge in [0.25, 0.3) is 0 Å². The Bertz CT molecular complexity index is 354. The molecule has 1 aromatic rings. The lowest BCUT2D eigenvalue weighted by atomic mass is 9.85. The number of benzene rings is 1. The van der Waals surface area contributed by atoms with Gasteiger partial charge in [0.2, 0.25) is 0 Å². The Balaban J connectivity index is 3.03. The Labute approximate surface area is 98.3 Å². The number of hydrogen-bond acceptors (Lipinski definition) is 2.